The number of ether oxygens (including phenoxy) is 1. The van der Waals surface area contributed by atoms with Crippen molar-refractivity contribution in [3.8, 4) is 0 Å². The Kier molecular flexibility index (Phi) is 6.61. The summed E-state index contributed by atoms with van der Waals surface area (Å²) in [6.45, 7) is 4.92. The predicted molar refractivity (Wildman–Crippen MR) is 79.9 cm³/mol. The van der Waals surface area contributed by atoms with Gasteiger partial charge in [0, 0.05) is 26.2 Å². The fraction of sp³-hybridized carbons (Fsp3) is 0.571. The first-order chi connectivity index (χ1) is 9.47. The minimum atomic E-state index is -3.52. The number of hydrogen-bond donors (Lipinski definition) is 1. The Morgan fingerprint density at radius 3 is 2.65 bits per heavy atom. The Bertz CT molecular complexity index is 517. The molecule has 6 heteroatoms. The van der Waals surface area contributed by atoms with Crippen LogP contribution in [0.3, 0.4) is 0 Å². The van der Waals surface area contributed by atoms with Gasteiger partial charge < -0.3 is 10.5 Å². The van der Waals surface area contributed by atoms with Crippen molar-refractivity contribution in [3.05, 3.63) is 29.8 Å². The van der Waals surface area contributed by atoms with Gasteiger partial charge in [0.1, 0.15) is 0 Å². The molecular formula is C14H24N2O3S. The second kappa shape index (κ2) is 7.73. The van der Waals surface area contributed by atoms with Gasteiger partial charge in [0.2, 0.25) is 10.0 Å². The summed E-state index contributed by atoms with van der Waals surface area (Å²) in [6.07, 6.45) is 0.750. The van der Waals surface area contributed by atoms with Crippen LogP contribution in [0.25, 0.3) is 0 Å². The number of hydrogen-bond acceptors (Lipinski definition) is 4. The molecule has 0 aliphatic carbocycles. The zero-order valence-corrected chi connectivity index (χ0v) is 13.2. The number of benzene rings is 1. The van der Waals surface area contributed by atoms with E-state index >= 15 is 0 Å². The van der Waals surface area contributed by atoms with Crippen molar-refractivity contribution < 1.29 is 13.2 Å². The topological polar surface area (TPSA) is 72.6 Å². The van der Waals surface area contributed by atoms with E-state index in [-0.39, 0.29) is 10.9 Å². The van der Waals surface area contributed by atoms with Crippen LogP contribution in [0.1, 0.15) is 25.8 Å². The molecule has 20 heavy (non-hydrogen) atoms. The van der Waals surface area contributed by atoms with Crippen molar-refractivity contribution >= 4 is 10.0 Å². The quantitative estimate of drug-likeness (QED) is 0.791. The highest BCUT2D eigenvalue weighted by molar-refractivity contribution is 7.89. The van der Waals surface area contributed by atoms with Gasteiger partial charge in [0.15, 0.2) is 0 Å². The average Bonchev–Trinajstić information content (AvgIpc) is 2.47. The second-order valence-corrected chi connectivity index (χ2v) is 6.61. The Labute approximate surface area is 121 Å². The van der Waals surface area contributed by atoms with E-state index in [9.17, 15) is 8.42 Å². The highest BCUT2D eigenvalue weighted by Crippen LogP contribution is 2.20. The van der Waals surface area contributed by atoms with E-state index in [4.69, 9.17) is 10.5 Å². The standard InChI is InChI=1S/C14H24N2O3S/c1-4-12(2)16(8-9-19-3)20(17,18)14-7-5-6-13(10-14)11-15/h5-7,10,12H,4,8-9,11,15H2,1-3H3. The van der Waals surface area contributed by atoms with Crippen LogP contribution in [-0.4, -0.2) is 39.0 Å². The largest absolute Gasteiger partial charge is 0.383 e. The molecule has 1 aromatic carbocycles. The van der Waals surface area contributed by atoms with Gasteiger partial charge in [0.05, 0.1) is 11.5 Å². The molecular weight excluding hydrogens is 276 g/mol. The molecule has 0 bridgehead atoms. The molecule has 1 aromatic rings. The maximum Gasteiger partial charge on any atom is 0.243 e. The van der Waals surface area contributed by atoms with Gasteiger partial charge in [-0.2, -0.15) is 4.31 Å². The van der Waals surface area contributed by atoms with Crippen LogP contribution < -0.4 is 5.73 Å². The second-order valence-electron chi connectivity index (χ2n) is 4.72. The van der Waals surface area contributed by atoms with Crippen molar-refractivity contribution in [1.82, 2.24) is 4.31 Å². The van der Waals surface area contributed by atoms with Crippen LogP contribution in [0, 0.1) is 0 Å². The van der Waals surface area contributed by atoms with Crippen molar-refractivity contribution in [2.45, 2.75) is 37.8 Å². The third-order valence-electron chi connectivity index (χ3n) is 3.34. The number of sulfonamides is 1. The van der Waals surface area contributed by atoms with E-state index in [1.165, 1.54) is 4.31 Å². The van der Waals surface area contributed by atoms with Crippen LogP contribution >= 0.6 is 0 Å². The molecule has 1 atom stereocenters. The number of rotatable bonds is 8. The first kappa shape index (κ1) is 17.1. The summed E-state index contributed by atoms with van der Waals surface area (Å²) in [5.41, 5.74) is 6.38. The Hall–Kier alpha value is -0.950. The summed E-state index contributed by atoms with van der Waals surface area (Å²) in [5, 5.41) is 0. The van der Waals surface area contributed by atoms with Crippen molar-refractivity contribution in [3.63, 3.8) is 0 Å². The summed E-state index contributed by atoms with van der Waals surface area (Å²) >= 11 is 0. The average molecular weight is 300 g/mol. The van der Waals surface area contributed by atoms with Crippen molar-refractivity contribution in [1.29, 1.82) is 0 Å². The molecule has 0 amide bonds. The summed E-state index contributed by atoms with van der Waals surface area (Å²) in [6, 6.07) is 6.72. The molecule has 1 rings (SSSR count). The van der Waals surface area contributed by atoms with E-state index in [1.807, 2.05) is 19.9 Å². The molecule has 0 aliphatic rings. The Morgan fingerprint density at radius 2 is 2.10 bits per heavy atom. The van der Waals surface area contributed by atoms with E-state index < -0.39 is 10.0 Å². The number of nitrogens with two attached hydrogens (primary N) is 1. The molecule has 2 N–H and O–H groups in total. The van der Waals surface area contributed by atoms with Gasteiger partial charge in [0.25, 0.3) is 0 Å². The van der Waals surface area contributed by atoms with E-state index in [2.05, 4.69) is 0 Å². The molecule has 0 radical (unpaired) electrons. The van der Waals surface area contributed by atoms with Crippen molar-refractivity contribution in [2.24, 2.45) is 5.73 Å². The molecule has 0 aliphatic heterocycles. The molecule has 1 unspecified atom stereocenters. The zero-order valence-electron chi connectivity index (χ0n) is 12.4. The van der Waals surface area contributed by atoms with E-state index in [0.717, 1.165) is 12.0 Å². The lowest BCUT2D eigenvalue weighted by Gasteiger charge is -2.27. The molecule has 0 saturated carbocycles. The maximum atomic E-state index is 12.7. The Morgan fingerprint density at radius 1 is 1.40 bits per heavy atom. The van der Waals surface area contributed by atoms with Gasteiger partial charge in [-0.25, -0.2) is 8.42 Å². The highest BCUT2D eigenvalue weighted by Gasteiger charge is 2.27. The van der Waals surface area contributed by atoms with Crippen LogP contribution in [0.4, 0.5) is 0 Å². The lowest BCUT2D eigenvalue weighted by molar-refractivity contribution is 0.167. The van der Waals surface area contributed by atoms with Crippen LogP contribution in [-0.2, 0) is 21.3 Å². The first-order valence-corrected chi connectivity index (χ1v) is 8.21. The van der Waals surface area contributed by atoms with Gasteiger partial charge in [-0.3, -0.25) is 0 Å². The summed E-state index contributed by atoms with van der Waals surface area (Å²) in [5.74, 6) is 0. The van der Waals surface area contributed by atoms with Gasteiger partial charge in [-0.15, -0.1) is 0 Å². The zero-order chi connectivity index (χ0) is 15.2. The van der Waals surface area contributed by atoms with Gasteiger partial charge >= 0.3 is 0 Å². The Balaban J connectivity index is 3.14. The molecule has 0 aromatic heterocycles. The van der Waals surface area contributed by atoms with Crippen LogP contribution in [0.5, 0.6) is 0 Å². The van der Waals surface area contributed by atoms with Crippen LogP contribution in [0.15, 0.2) is 29.2 Å². The fourth-order valence-corrected chi connectivity index (χ4v) is 3.69. The molecule has 0 saturated heterocycles. The minimum Gasteiger partial charge on any atom is -0.383 e. The normalized spacial score (nSPS) is 13.7. The van der Waals surface area contributed by atoms with E-state index in [1.54, 1.807) is 25.3 Å². The highest BCUT2D eigenvalue weighted by atomic mass is 32.2. The van der Waals surface area contributed by atoms with Gasteiger partial charge in [-0.05, 0) is 31.0 Å². The van der Waals surface area contributed by atoms with E-state index in [0.29, 0.717) is 19.7 Å². The number of nitrogens with zero attached hydrogens (tertiary/aromatic N) is 1. The third-order valence-corrected chi connectivity index (χ3v) is 5.35. The number of methoxy groups -OCH3 is 1. The predicted octanol–water partition coefficient (Wildman–Crippen LogP) is 1.58. The lowest BCUT2D eigenvalue weighted by atomic mass is 10.2. The van der Waals surface area contributed by atoms with Crippen LogP contribution in [0.2, 0.25) is 0 Å². The summed E-state index contributed by atoms with van der Waals surface area (Å²) in [7, 11) is -1.95. The molecule has 5 nitrogen and oxygen atoms in total. The first-order valence-electron chi connectivity index (χ1n) is 6.77. The molecule has 0 fully saturated rings. The summed E-state index contributed by atoms with van der Waals surface area (Å²) < 4.78 is 32.0. The maximum absolute atomic E-state index is 12.7. The monoisotopic (exact) mass is 300 g/mol. The minimum absolute atomic E-state index is 0.0725. The van der Waals surface area contributed by atoms with Gasteiger partial charge in [-0.1, -0.05) is 19.1 Å². The third kappa shape index (κ3) is 4.02. The SMILES string of the molecule is CCC(C)N(CCOC)S(=O)(=O)c1cccc(CN)c1. The molecule has 0 heterocycles. The lowest BCUT2D eigenvalue weighted by Crippen LogP contribution is -2.40. The summed E-state index contributed by atoms with van der Waals surface area (Å²) in [4.78, 5) is 0.289. The molecule has 0 spiro atoms. The smallest absolute Gasteiger partial charge is 0.243 e. The van der Waals surface area contributed by atoms with Crippen molar-refractivity contribution in [2.75, 3.05) is 20.3 Å². The molecule has 114 valence electrons. The fourth-order valence-electron chi connectivity index (χ4n) is 1.93.